The minimum Gasteiger partial charge on any atom is -0.345 e. The van der Waals surface area contributed by atoms with Crippen LogP contribution in [-0.2, 0) is 4.79 Å². The number of amides is 1. The predicted molar refractivity (Wildman–Crippen MR) is 76.3 cm³/mol. The van der Waals surface area contributed by atoms with Crippen molar-refractivity contribution in [2.75, 3.05) is 13.6 Å². The highest BCUT2D eigenvalue weighted by atomic mass is 19.4. The third-order valence-electron chi connectivity index (χ3n) is 4.55. The van der Waals surface area contributed by atoms with E-state index in [0.717, 1.165) is 0 Å². The Morgan fingerprint density at radius 1 is 1.35 bits per heavy atom. The maximum Gasteiger partial charge on any atom is 0.391 e. The molecule has 1 aromatic rings. The highest BCUT2D eigenvalue weighted by Gasteiger charge is 2.41. The Morgan fingerprint density at radius 2 is 2.00 bits per heavy atom. The molecule has 1 aliphatic carbocycles. The van der Waals surface area contributed by atoms with Crippen LogP contribution in [0.3, 0.4) is 0 Å². The number of rotatable bonds is 5. The summed E-state index contributed by atoms with van der Waals surface area (Å²) in [6.45, 7) is 2.35. The van der Waals surface area contributed by atoms with E-state index in [9.17, 15) is 18.0 Å². The Labute approximate surface area is 132 Å². The molecule has 1 unspecified atom stereocenters. The average molecular weight is 333 g/mol. The van der Waals surface area contributed by atoms with Gasteiger partial charge in [0.25, 0.3) is 0 Å². The summed E-state index contributed by atoms with van der Waals surface area (Å²) in [5, 5.41) is 13.6. The Bertz CT molecular complexity index is 497. The third-order valence-corrected chi connectivity index (χ3v) is 4.55. The summed E-state index contributed by atoms with van der Waals surface area (Å²) in [6.07, 6.45) is -2.62. The number of alkyl halides is 3. The number of halogens is 3. The van der Waals surface area contributed by atoms with Crippen molar-refractivity contribution in [2.24, 2.45) is 11.8 Å². The van der Waals surface area contributed by atoms with Crippen molar-refractivity contribution >= 4 is 5.91 Å². The SMILES string of the molecule is CC(CN(C)C(=O)CC1CCC(C(F)(F)F)CC1)c1nn[nH]n1. The molecule has 23 heavy (non-hydrogen) atoms. The summed E-state index contributed by atoms with van der Waals surface area (Å²) in [4.78, 5) is 13.8. The molecular formula is C14H22F3N5O. The number of nitrogens with one attached hydrogen (secondary N) is 1. The van der Waals surface area contributed by atoms with Crippen LogP contribution in [0.5, 0.6) is 0 Å². The fourth-order valence-corrected chi connectivity index (χ4v) is 3.07. The van der Waals surface area contributed by atoms with Crippen molar-refractivity contribution in [3.8, 4) is 0 Å². The molecule has 2 rings (SSSR count). The number of carbonyl (C=O) groups excluding carboxylic acids is 1. The van der Waals surface area contributed by atoms with Gasteiger partial charge in [-0.05, 0) is 31.6 Å². The summed E-state index contributed by atoms with van der Waals surface area (Å²) in [6, 6.07) is 0. The second-order valence-corrected chi connectivity index (χ2v) is 6.41. The lowest BCUT2D eigenvalue weighted by Gasteiger charge is -2.30. The molecule has 0 bridgehead atoms. The van der Waals surface area contributed by atoms with Crippen LogP contribution in [0, 0.1) is 11.8 Å². The van der Waals surface area contributed by atoms with Gasteiger partial charge < -0.3 is 4.90 Å². The van der Waals surface area contributed by atoms with E-state index in [1.165, 1.54) is 0 Å². The second kappa shape index (κ2) is 7.27. The first-order valence-corrected chi connectivity index (χ1v) is 7.81. The zero-order valence-electron chi connectivity index (χ0n) is 13.3. The van der Waals surface area contributed by atoms with E-state index in [2.05, 4.69) is 20.6 Å². The van der Waals surface area contributed by atoms with Crippen LogP contribution in [0.15, 0.2) is 0 Å². The van der Waals surface area contributed by atoms with Crippen LogP contribution >= 0.6 is 0 Å². The van der Waals surface area contributed by atoms with Gasteiger partial charge in [-0.1, -0.05) is 12.1 Å². The fourth-order valence-electron chi connectivity index (χ4n) is 3.07. The van der Waals surface area contributed by atoms with Crippen molar-refractivity contribution in [2.45, 2.75) is 51.1 Å². The van der Waals surface area contributed by atoms with Crippen molar-refractivity contribution < 1.29 is 18.0 Å². The summed E-state index contributed by atoms with van der Waals surface area (Å²) in [7, 11) is 1.69. The Balaban J connectivity index is 1.76. The smallest absolute Gasteiger partial charge is 0.345 e. The van der Waals surface area contributed by atoms with E-state index in [4.69, 9.17) is 0 Å². The van der Waals surface area contributed by atoms with E-state index in [1.54, 1.807) is 11.9 Å². The number of tetrazole rings is 1. The maximum atomic E-state index is 12.6. The molecule has 1 saturated carbocycles. The summed E-state index contributed by atoms with van der Waals surface area (Å²) < 4.78 is 37.9. The van der Waals surface area contributed by atoms with Crippen LogP contribution < -0.4 is 0 Å². The number of aromatic nitrogens is 4. The molecule has 1 aliphatic rings. The van der Waals surface area contributed by atoms with Gasteiger partial charge in [0.05, 0.1) is 5.92 Å². The normalized spacial score (nSPS) is 23.5. The summed E-state index contributed by atoms with van der Waals surface area (Å²) in [5.41, 5.74) is 0. The molecule has 1 atom stereocenters. The van der Waals surface area contributed by atoms with Gasteiger partial charge in [-0.25, -0.2) is 0 Å². The minimum absolute atomic E-state index is 0.0454. The molecule has 1 N–H and O–H groups in total. The molecular weight excluding hydrogens is 311 g/mol. The largest absolute Gasteiger partial charge is 0.391 e. The zero-order valence-corrected chi connectivity index (χ0v) is 13.3. The number of carbonyl (C=O) groups is 1. The molecule has 0 aromatic carbocycles. The minimum atomic E-state index is -4.11. The summed E-state index contributed by atoms with van der Waals surface area (Å²) in [5.74, 6) is -0.719. The third kappa shape index (κ3) is 4.90. The van der Waals surface area contributed by atoms with Gasteiger partial charge in [0, 0.05) is 25.9 Å². The molecule has 1 amide bonds. The molecule has 0 aliphatic heterocycles. The van der Waals surface area contributed by atoms with Crippen molar-refractivity contribution in [1.29, 1.82) is 0 Å². The lowest BCUT2D eigenvalue weighted by molar-refractivity contribution is -0.184. The quantitative estimate of drug-likeness (QED) is 0.898. The predicted octanol–water partition coefficient (Wildman–Crippen LogP) is 2.52. The van der Waals surface area contributed by atoms with Gasteiger partial charge in [0.2, 0.25) is 5.91 Å². The molecule has 1 heterocycles. The van der Waals surface area contributed by atoms with Gasteiger partial charge in [0.1, 0.15) is 0 Å². The lowest BCUT2D eigenvalue weighted by Crippen LogP contribution is -2.34. The number of nitrogens with zero attached hydrogens (tertiary/aromatic N) is 4. The fraction of sp³-hybridized carbons (Fsp3) is 0.857. The molecule has 1 aromatic heterocycles. The van der Waals surface area contributed by atoms with Crippen LogP contribution in [-0.4, -0.2) is 51.2 Å². The Hall–Kier alpha value is -1.67. The molecule has 9 heteroatoms. The maximum absolute atomic E-state index is 12.6. The van der Waals surface area contributed by atoms with Crippen LogP contribution in [0.25, 0.3) is 0 Å². The van der Waals surface area contributed by atoms with Crippen LogP contribution in [0.2, 0.25) is 0 Å². The Morgan fingerprint density at radius 3 is 2.52 bits per heavy atom. The lowest BCUT2D eigenvalue weighted by atomic mass is 9.80. The molecule has 6 nitrogen and oxygen atoms in total. The van der Waals surface area contributed by atoms with Crippen molar-refractivity contribution in [1.82, 2.24) is 25.5 Å². The number of aromatic amines is 1. The van der Waals surface area contributed by atoms with Gasteiger partial charge in [-0.3, -0.25) is 4.79 Å². The van der Waals surface area contributed by atoms with Gasteiger partial charge in [-0.15, -0.1) is 10.2 Å². The second-order valence-electron chi connectivity index (χ2n) is 6.41. The molecule has 0 saturated heterocycles. The average Bonchev–Trinajstić information content (AvgIpc) is 3.01. The number of likely N-dealkylation sites (N-methyl/N-ethyl adjacent to an activating group) is 1. The summed E-state index contributed by atoms with van der Waals surface area (Å²) >= 11 is 0. The molecule has 1 fully saturated rings. The first-order valence-electron chi connectivity index (χ1n) is 7.81. The highest BCUT2D eigenvalue weighted by molar-refractivity contribution is 5.76. The van der Waals surface area contributed by atoms with E-state index in [-0.39, 0.29) is 30.6 Å². The standard InChI is InChI=1S/C14H22F3N5O/c1-9(13-18-20-21-19-13)8-22(2)12(23)7-10-3-5-11(6-4-10)14(15,16)17/h9-11H,3-8H2,1-2H3,(H,18,19,20,21). The number of hydrogen-bond donors (Lipinski definition) is 1. The zero-order chi connectivity index (χ0) is 17.0. The highest BCUT2D eigenvalue weighted by Crippen LogP contribution is 2.40. The number of hydrogen-bond acceptors (Lipinski definition) is 4. The van der Waals surface area contributed by atoms with Crippen LogP contribution in [0.1, 0.15) is 50.8 Å². The van der Waals surface area contributed by atoms with Gasteiger partial charge in [-0.2, -0.15) is 18.4 Å². The topological polar surface area (TPSA) is 74.8 Å². The van der Waals surface area contributed by atoms with Gasteiger partial charge in [0.15, 0.2) is 5.82 Å². The molecule has 0 radical (unpaired) electrons. The Kier molecular flexibility index (Phi) is 5.59. The number of H-pyrrole nitrogens is 1. The molecule has 0 spiro atoms. The van der Waals surface area contributed by atoms with Crippen molar-refractivity contribution in [3.63, 3.8) is 0 Å². The first kappa shape index (κ1) is 17.7. The molecule has 130 valence electrons. The first-order chi connectivity index (χ1) is 10.8. The van der Waals surface area contributed by atoms with Crippen LogP contribution in [0.4, 0.5) is 13.2 Å². The monoisotopic (exact) mass is 333 g/mol. The van der Waals surface area contributed by atoms with E-state index in [0.29, 0.717) is 31.6 Å². The van der Waals surface area contributed by atoms with Gasteiger partial charge >= 0.3 is 6.18 Å². The van der Waals surface area contributed by atoms with E-state index < -0.39 is 12.1 Å². The van der Waals surface area contributed by atoms with E-state index in [1.807, 2.05) is 6.92 Å². The van der Waals surface area contributed by atoms with E-state index >= 15 is 0 Å². The van der Waals surface area contributed by atoms with Crippen molar-refractivity contribution in [3.05, 3.63) is 5.82 Å².